The molecule has 0 bridgehead atoms. The molecule has 2 rings (SSSR count). The molecule has 1 fully saturated rings. The first-order valence-electron chi connectivity index (χ1n) is 7.38. The van der Waals surface area contributed by atoms with Crippen molar-refractivity contribution in [2.45, 2.75) is 67.0 Å². The molecule has 1 N–H and O–H groups in total. The number of amides is 1. The Morgan fingerprint density at radius 2 is 1.90 bits per heavy atom. The Morgan fingerprint density at radius 1 is 1.20 bits per heavy atom. The molecule has 110 valence electrons. The molecule has 1 aromatic rings. The molecule has 2 nitrogen and oxygen atoms in total. The van der Waals surface area contributed by atoms with E-state index < -0.39 is 0 Å². The van der Waals surface area contributed by atoms with Gasteiger partial charge in [-0.25, -0.2) is 0 Å². The predicted molar refractivity (Wildman–Crippen MR) is 88.7 cm³/mol. The third-order valence-corrected chi connectivity index (χ3v) is 5.11. The minimum atomic E-state index is 0.0867. The number of rotatable bonds is 4. The van der Waals surface area contributed by atoms with Crippen molar-refractivity contribution in [1.82, 2.24) is 5.32 Å². The summed E-state index contributed by atoms with van der Waals surface area (Å²) in [7, 11) is 0. The van der Waals surface area contributed by atoms with Crippen molar-refractivity contribution in [2.24, 2.45) is 0 Å². The molecule has 0 aromatic heterocycles. The monoisotopic (exact) mass is 309 g/mol. The second-order valence-corrected chi connectivity index (χ2v) is 8.21. The van der Waals surface area contributed by atoms with Crippen LogP contribution in [0.15, 0.2) is 34.1 Å². The van der Waals surface area contributed by atoms with Crippen LogP contribution in [0.5, 0.6) is 0 Å². The third kappa shape index (κ3) is 5.41. The van der Waals surface area contributed by atoms with Crippen LogP contribution in [0.3, 0.4) is 0 Å². The molecule has 4 heteroatoms. The third-order valence-electron chi connectivity index (χ3n) is 3.31. The SMILES string of the molecule is CC(C)Sc1cccc(SC(=O)NC2CCCCC2)c1. The van der Waals surface area contributed by atoms with Crippen LogP contribution in [0.4, 0.5) is 4.79 Å². The highest BCUT2D eigenvalue weighted by Crippen LogP contribution is 2.28. The fourth-order valence-electron chi connectivity index (χ4n) is 2.43. The summed E-state index contributed by atoms with van der Waals surface area (Å²) < 4.78 is 0. The Balaban J connectivity index is 1.86. The highest BCUT2D eigenvalue weighted by atomic mass is 32.2. The summed E-state index contributed by atoms with van der Waals surface area (Å²) in [5.74, 6) is 0. The topological polar surface area (TPSA) is 29.1 Å². The van der Waals surface area contributed by atoms with Gasteiger partial charge in [0.05, 0.1) is 0 Å². The number of carbonyl (C=O) groups is 1. The summed E-state index contributed by atoms with van der Waals surface area (Å²) >= 11 is 3.15. The van der Waals surface area contributed by atoms with Crippen LogP contribution in [0.1, 0.15) is 46.0 Å². The molecule has 0 spiro atoms. The van der Waals surface area contributed by atoms with E-state index in [0.717, 1.165) is 17.7 Å². The average molecular weight is 310 g/mol. The van der Waals surface area contributed by atoms with E-state index in [1.807, 2.05) is 23.9 Å². The predicted octanol–water partition coefficient (Wildman–Crippen LogP) is 5.32. The van der Waals surface area contributed by atoms with Gasteiger partial charge in [-0.3, -0.25) is 4.79 Å². The van der Waals surface area contributed by atoms with Crippen molar-refractivity contribution < 1.29 is 4.79 Å². The van der Waals surface area contributed by atoms with Gasteiger partial charge < -0.3 is 5.32 Å². The van der Waals surface area contributed by atoms with Gasteiger partial charge in [0.1, 0.15) is 0 Å². The maximum absolute atomic E-state index is 12.1. The van der Waals surface area contributed by atoms with Crippen LogP contribution in [0, 0.1) is 0 Å². The minimum Gasteiger partial charge on any atom is -0.344 e. The maximum atomic E-state index is 12.1. The van der Waals surface area contributed by atoms with Gasteiger partial charge in [-0.05, 0) is 42.8 Å². The average Bonchev–Trinajstić information content (AvgIpc) is 2.39. The Hall–Kier alpha value is -0.610. The molecule has 1 aliphatic rings. The lowest BCUT2D eigenvalue weighted by molar-refractivity contribution is 0.253. The lowest BCUT2D eigenvalue weighted by Crippen LogP contribution is -2.33. The fourth-order valence-corrected chi connectivity index (χ4v) is 4.18. The first-order chi connectivity index (χ1) is 9.63. The van der Waals surface area contributed by atoms with Crippen molar-refractivity contribution >= 4 is 28.8 Å². The Bertz CT molecular complexity index is 442. The van der Waals surface area contributed by atoms with Crippen molar-refractivity contribution in [3.8, 4) is 0 Å². The molecule has 1 aromatic carbocycles. The highest BCUT2D eigenvalue weighted by molar-refractivity contribution is 8.13. The van der Waals surface area contributed by atoms with Crippen LogP contribution in [-0.4, -0.2) is 16.5 Å². The van der Waals surface area contributed by atoms with Crippen molar-refractivity contribution in [2.75, 3.05) is 0 Å². The smallest absolute Gasteiger partial charge is 0.284 e. The standard InChI is InChI=1S/C16H23NOS2/c1-12(2)19-14-9-6-10-15(11-14)20-16(18)17-13-7-4-3-5-8-13/h6,9-13H,3-5,7-8H2,1-2H3,(H,17,18). The molecular weight excluding hydrogens is 286 g/mol. The van der Waals surface area contributed by atoms with Gasteiger partial charge in [0.25, 0.3) is 5.24 Å². The van der Waals surface area contributed by atoms with E-state index in [1.165, 1.54) is 35.9 Å². The number of thioether (sulfide) groups is 2. The molecule has 0 aliphatic heterocycles. The maximum Gasteiger partial charge on any atom is 0.284 e. The fraction of sp³-hybridized carbons (Fsp3) is 0.562. The van der Waals surface area contributed by atoms with Gasteiger partial charge >= 0.3 is 0 Å². The number of nitrogens with one attached hydrogen (secondary N) is 1. The number of carbonyl (C=O) groups excluding carboxylic acids is 1. The molecule has 0 atom stereocenters. The van der Waals surface area contributed by atoms with Crippen LogP contribution >= 0.6 is 23.5 Å². The van der Waals surface area contributed by atoms with Crippen LogP contribution in [-0.2, 0) is 0 Å². The zero-order chi connectivity index (χ0) is 14.4. The Morgan fingerprint density at radius 3 is 2.60 bits per heavy atom. The van der Waals surface area contributed by atoms with Gasteiger partial charge in [-0.2, -0.15) is 0 Å². The molecule has 1 amide bonds. The van der Waals surface area contributed by atoms with Crippen molar-refractivity contribution in [3.63, 3.8) is 0 Å². The summed E-state index contributed by atoms with van der Waals surface area (Å²) in [6.45, 7) is 4.36. The second-order valence-electron chi connectivity index (χ2n) is 5.51. The van der Waals surface area contributed by atoms with Crippen LogP contribution in [0.25, 0.3) is 0 Å². The summed E-state index contributed by atoms with van der Waals surface area (Å²) in [6, 6.07) is 8.64. The second kappa shape index (κ2) is 7.99. The van der Waals surface area contributed by atoms with E-state index in [1.54, 1.807) is 0 Å². The Kier molecular flexibility index (Phi) is 6.30. The molecule has 0 radical (unpaired) electrons. The van der Waals surface area contributed by atoms with E-state index in [4.69, 9.17) is 0 Å². The minimum absolute atomic E-state index is 0.0867. The van der Waals surface area contributed by atoms with Crippen LogP contribution < -0.4 is 5.32 Å². The zero-order valence-corrected chi connectivity index (χ0v) is 13.9. The lowest BCUT2D eigenvalue weighted by atomic mass is 9.96. The number of hydrogen-bond acceptors (Lipinski definition) is 3. The van der Waals surface area contributed by atoms with E-state index in [9.17, 15) is 4.79 Å². The Labute approximate surface area is 130 Å². The summed E-state index contributed by atoms with van der Waals surface area (Å²) in [5.41, 5.74) is 0. The zero-order valence-electron chi connectivity index (χ0n) is 12.2. The molecular formula is C16H23NOS2. The van der Waals surface area contributed by atoms with Crippen molar-refractivity contribution in [1.29, 1.82) is 0 Å². The highest BCUT2D eigenvalue weighted by Gasteiger charge is 2.16. The molecule has 0 saturated heterocycles. The summed E-state index contributed by atoms with van der Waals surface area (Å²) in [4.78, 5) is 14.3. The van der Waals surface area contributed by atoms with Gasteiger partial charge in [0.2, 0.25) is 0 Å². The summed E-state index contributed by atoms with van der Waals surface area (Å²) in [6.07, 6.45) is 6.07. The summed E-state index contributed by atoms with van der Waals surface area (Å²) in [5, 5.41) is 3.79. The first kappa shape index (κ1) is 15.8. The molecule has 1 saturated carbocycles. The van der Waals surface area contributed by atoms with Crippen molar-refractivity contribution in [3.05, 3.63) is 24.3 Å². The van der Waals surface area contributed by atoms with Gasteiger partial charge in [0.15, 0.2) is 0 Å². The number of benzene rings is 1. The normalized spacial score (nSPS) is 16.4. The number of hydrogen-bond donors (Lipinski definition) is 1. The lowest BCUT2D eigenvalue weighted by Gasteiger charge is -2.22. The van der Waals surface area contributed by atoms with E-state index in [2.05, 4.69) is 31.3 Å². The first-order valence-corrected chi connectivity index (χ1v) is 9.08. The van der Waals surface area contributed by atoms with Crippen LogP contribution in [0.2, 0.25) is 0 Å². The van der Waals surface area contributed by atoms with E-state index >= 15 is 0 Å². The molecule has 20 heavy (non-hydrogen) atoms. The quantitative estimate of drug-likeness (QED) is 0.763. The van der Waals surface area contributed by atoms with Gasteiger partial charge in [-0.15, -0.1) is 11.8 Å². The molecule has 0 heterocycles. The molecule has 0 unspecified atom stereocenters. The van der Waals surface area contributed by atoms with E-state index in [-0.39, 0.29) is 5.24 Å². The molecule has 1 aliphatic carbocycles. The largest absolute Gasteiger partial charge is 0.344 e. The van der Waals surface area contributed by atoms with Gasteiger partial charge in [-0.1, -0.05) is 39.2 Å². The van der Waals surface area contributed by atoms with Gasteiger partial charge in [0, 0.05) is 21.1 Å². The van der Waals surface area contributed by atoms with E-state index in [0.29, 0.717) is 11.3 Å².